The maximum Gasteiger partial charge on any atom is 0.275 e. The average molecular weight is 299 g/mol. The van der Waals surface area contributed by atoms with Gasteiger partial charge in [-0.1, -0.05) is 20.8 Å². The third kappa shape index (κ3) is 3.42. The molecule has 110 valence electrons. The molecule has 0 fully saturated rings. The lowest BCUT2D eigenvalue weighted by Gasteiger charge is -2.12. The lowest BCUT2D eigenvalue weighted by molar-refractivity contribution is 0.342. The van der Waals surface area contributed by atoms with Gasteiger partial charge in [-0.2, -0.15) is 5.10 Å². The second-order valence-corrected chi connectivity index (χ2v) is 6.99. The summed E-state index contributed by atoms with van der Waals surface area (Å²) in [6.07, 6.45) is 4.12. The van der Waals surface area contributed by atoms with Crippen LogP contribution in [0.25, 0.3) is 0 Å². The predicted molar refractivity (Wildman–Crippen MR) is 70.4 cm³/mol. The fourth-order valence-electron chi connectivity index (χ4n) is 1.44. The minimum absolute atomic E-state index is 0.180. The number of hydrogen-bond acceptors (Lipinski definition) is 6. The summed E-state index contributed by atoms with van der Waals surface area (Å²) in [6, 6.07) is 0. The van der Waals surface area contributed by atoms with Crippen molar-refractivity contribution < 1.29 is 12.8 Å². The van der Waals surface area contributed by atoms with Gasteiger partial charge in [-0.3, -0.25) is 4.68 Å². The van der Waals surface area contributed by atoms with Crippen molar-refractivity contribution >= 4 is 10.0 Å². The SMILES string of the molecule is CC(C)(C)c1ncc(S(=O)(=O)NCCn2cncn2)o1. The second kappa shape index (κ2) is 5.33. The van der Waals surface area contributed by atoms with E-state index >= 15 is 0 Å². The number of aromatic nitrogens is 4. The highest BCUT2D eigenvalue weighted by atomic mass is 32.2. The van der Waals surface area contributed by atoms with E-state index in [4.69, 9.17) is 4.42 Å². The van der Waals surface area contributed by atoms with E-state index in [0.717, 1.165) is 0 Å². The van der Waals surface area contributed by atoms with Crippen molar-refractivity contribution in [1.82, 2.24) is 24.5 Å². The first-order valence-corrected chi connectivity index (χ1v) is 7.56. The highest BCUT2D eigenvalue weighted by Gasteiger charge is 2.25. The van der Waals surface area contributed by atoms with Crippen molar-refractivity contribution in [2.75, 3.05) is 6.54 Å². The van der Waals surface area contributed by atoms with Crippen LogP contribution in [0.3, 0.4) is 0 Å². The maximum atomic E-state index is 12.0. The molecule has 0 unspecified atom stereocenters. The Morgan fingerprint density at radius 3 is 2.70 bits per heavy atom. The first kappa shape index (κ1) is 14.7. The van der Waals surface area contributed by atoms with E-state index in [-0.39, 0.29) is 17.1 Å². The van der Waals surface area contributed by atoms with Gasteiger partial charge in [0.1, 0.15) is 12.7 Å². The lowest BCUT2D eigenvalue weighted by Crippen LogP contribution is -2.27. The zero-order valence-corrected chi connectivity index (χ0v) is 12.4. The summed E-state index contributed by atoms with van der Waals surface area (Å²) in [4.78, 5) is 7.77. The summed E-state index contributed by atoms with van der Waals surface area (Å²) in [7, 11) is -3.69. The van der Waals surface area contributed by atoms with Crippen LogP contribution in [0.2, 0.25) is 0 Å². The quantitative estimate of drug-likeness (QED) is 0.864. The molecule has 0 radical (unpaired) electrons. The molecule has 9 heteroatoms. The van der Waals surface area contributed by atoms with Crippen molar-refractivity contribution in [3.8, 4) is 0 Å². The first-order valence-electron chi connectivity index (χ1n) is 6.07. The molecule has 0 aliphatic rings. The van der Waals surface area contributed by atoms with Crippen LogP contribution in [0.5, 0.6) is 0 Å². The molecule has 0 spiro atoms. The minimum Gasteiger partial charge on any atom is -0.427 e. The molecule has 0 amide bonds. The van der Waals surface area contributed by atoms with E-state index in [9.17, 15) is 8.42 Å². The Morgan fingerprint density at radius 1 is 1.40 bits per heavy atom. The summed E-state index contributed by atoms with van der Waals surface area (Å²) < 4.78 is 33.3. The summed E-state index contributed by atoms with van der Waals surface area (Å²) in [6.45, 7) is 6.27. The van der Waals surface area contributed by atoms with E-state index in [1.807, 2.05) is 20.8 Å². The average Bonchev–Trinajstić information content (AvgIpc) is 2.98. The van der Waals surface area contributed by atoms with Gasteiger partial charge >= 0.3 is 0 Å². The van der Waals surface area contributed by atoms with Gasteiger partial charge in [0.25, 0.3) is 15.1 Å². The summed E-state index contributed by atoms with van der Waals surface area (Å²) >= 11 is 0. The Morgan fingerprint density at radius 2 is 2.15 bits per heavy atom. The largest absolute Gasteiger partial charge is 0.427 e. The summed E-state index contributed by atoms with van der Waals surface area (Å²) in [5.74, 6) is 0.383. The standard InChI is InChI=1S/C11H17N5O3S/c1-11(2,3)10-13-6-9(19-10)20(17,18)15-4-5-16-8-12-7-14-16/h6-8,15H,4-5H2,1-3H3. The summed E-state index contributed by atoms with van der Waals surface area (Å²) in [5.41, 5.74) is -0.339. The lowest BCUT2D eigenvalue weighted by atomic mass is 9.97. The maximum absolute atomic E-state index is 12.0. The highest BCUT2D eigenvalue weighted by Crippen LogP contribution is 2.23. The van der Waals surface area contributed by atoms with Crippen molar-refractivity contribution in [3.63, 3.8) is 0 Å². The van der Waals surface area contributed by atoms with Gasteiger partial charge in [-0.15, -0.1) is 0 Å². The van der Waals surface area contributed by atoms with Gasteiger partial charge in [0.2, 0.25) is 5.89 Å². The van der Waals surface area contributed by atoms with Gasteiger partial charge in [-0.25, -0.2) is 23.1 Å². The van der Waals surface area contributed by atoms with Crippen LogP contribution in [0.15, 0.2) is 28.4 Å². The zero-order valence-electron chi connectivity index (χ0n) is 11.6. The van der Waals surface area contributed by atoms with E-state index in [0.29, 0.717) is 12.4 Å². The molecule has 1 N–H and O–H groups in total. The molecule has 2 aromatic heterocycles. The van der Waals surface area contributed by atoms with Gasteiger partial charge in [0.15, 0.2) is 0 Å². The topological polar surface area (TPSA) is 103 Å². The number of nitrogens with one attached hydrogen (secondary N) is 1. The molecule has 2 heterocycles. The monoisotopic (exact) mass is 299 g/mol. The van der Waals surface area contributed by atoms with Crippen molar-refractivity contribution in [3.05, 3.63) is 24.7 Å². The van der Waals surface area contributed by atoms with Crippen LogP contribution in [0.4, 0.5) is 0 Å². The van der Waals surface area contributed by atoms with Crippen molar-refractivity contribution in [2.24, 2.45) is 0 Å². The number of rotatable bonds is 5. The van der Waals surface area contributed by atoms with E-state index in [2.05, 4.69) is 19.8 Å². The smallest absolute Gasteiger partial charge is 0.275 e. The minimum atomic E-state index is -3.69. The van der Waals surface area contributed by atoms with Crippen molar-refractivity contribution in [1.29, 1.82) is 0 Å². The Labute approximate surface area is 117 Å². The third-order valence-corrected chi connectivity index (χ3v) is 3.79. The second-order valence-electron chi connectivity index (χ2n) is 5.29. The molecule has 0 aliphatic heterocycles. The highest BCUT2D eigenvalue weighted by molar-refractivity contribution is 7.89. The third-order valence-electron chi connectivity index (χ3n) is 2.49. The van der Waals surface area contributed by atoms with E-state index < -0.39 is 10.0 Å². The van der Waals surface area contributed by atoms with Crippen molar-refractivity contribution in [2.45, 2.75) is 37.8 Å². The van der Waals surface area contributed by atoms with Crippen LogP contribution in [0, 0.1) is 0 Å². The van der Waals surface area contributed by atoms with Gasteiger partial charge in [0.05, 0.1) is 12.7 Å². The van der Waals surface area contributed by atoms with Crippen LogP contribution >= 0.6 is 0 Å². The molecule has 2 rings (SSSR count). The van der Waals surface area contributed by atoms with Crippen LogP contribution in [-0.2, 0) is 22.0 Å². The Bertz CT molecular complexity index is 655. The molecule has 0 saturated carbocycles. The molecular weight excluding hydrogens is 282 g/mol. The van der Waals surface area contributed by atoms with E-state index in [1.54, 1.807) is 0 Å². The van der Waals surface area contributed by atoms with Crippen LogP contribution in [0.1, 0.15) is 26.7 Å². The molecule has 20 heavy (non-hydrogen) atoms. The number of oxazole rings is 1. The normalized spacial score (nSPS) is 12.8. The number of sulfonamides is 1. The fraction of sp³-hybridized carbons (Fsp3) is 0.545. The van der Waals surface area contributed by atoms with Gasteiger partial charge < -0.3 is 4.42 Å². The Hall–Kier alpha value is -1.74. The number of hydrogen-bond donors (Lipinski definition) is 1. The van der Waals surface area contributed by atoms with Crippen LogP contribution in [-0.4, -0.2) is 34.7 Å². The number of nitrogens with zero attached hydrogens (tertiary/aromatic N) is 4. The molecule has 0 aliphatic carbocycles. The molecule has 0 bridgehead atoms. The van der Waals surface area contributed by atoms with Gasteiger partial charge in [-0.05, 0) is 0 Å². The molecular formula is C11H17N5O3S. The molecule has 0 saturated heterocycles. The Kier molecular flexibility index (Phi) is 3.91. The first-order chi connectivity index (χ1) is 9.29. The summed E-state index contributed by atoms with van der Waals surface area (Å²) in [5, 5.41) is 3.70. The fourth-order valence-corrected chi connectivity index (χ4v) is 2.33. The molecule has 0 aromatic carbocycles. The predicted octanol–water partition coefficient (Wildman–Crippen LogP) is 0.542. The van der Waals surface area contributed by atoms with Crippen LogP contribution < -0.4 is 4.72 Å². The van der Waals surface area contributed by atoms with Gasteiger partial charge in [0, 0.05) is 12.0 Å². The molecule has 0 atom stereocenters. The Balaban J connectivity index is 2.01. The zero-order chi connectivity index (χ0) is 14.8. The molecule has 2 aromatic rings. The van der Waals surface area contributed by atoms with E-state index in [1.165, 1.54) is 23.5 Å². The molecule has 8 nitrogen and oxygen atoms in total.